The van der Waals surface area contributed by atoms with Crippen LogP contribution in [0.1, 0.15) is 15.9 Å². The van der Waals surface area contributed by atoms with Gasteiger partial charge in [-0.1, -0.05) is 59.9 Å². The minimum atomic E-state index is -0.891. The summed E-state index contributed by atoms with van der Waals surface area (Å²) in [6.07, 6.45) is 0.280. The summed E-state index contributed by atoms with van der Waals surface area (Å²) in [6.45, 7) is 0. The Morgan fingerprint density at radius 3 is 2.33 bits per heavy atom. The Kier molecular flexibility index (Phi) is 8.56. The molecule has 45 heavy (non-hydrogen) atoms. The van der Waals surface area contributed by atoms with Gasteiger partial charge >= 0.3 is 0 Å². The van der Waals surface area contributed by atoms with Crippen molar-refractivity contribution in [3.63, 3.8) is 0 Å². The van der Waals surface area contributed by atoms with Crippen LogP contribution in [-0.2, 0) is 11.2 Å². The van der Waals surface area contributed by atoms with Gasteiger partial charge in [-0.2, -0.15) is 0 Å². The Hall–Kier alpha value is -5.48. The molecule has 2 aromatic heterocycles. The molecule has 0 spiro atoms. The van der Waals surface area contributed by atoms with E-state index in [1.807, 2.05) is 84.9 Å². The monoisotopic (exact) mass is 618 g/mol. The van der Waals surface area contributed by atoms with Crippen molar-refractivity contribution in [1.29, 1.82) is 0 Å². The Bertz CT molecular complexity index is 2010. The molecule has 0 fully saturated rings. The number of para-hydroxylation sites is 1. The van der Waals surface area contributed by atoms with Crippen molar-refractivity contribution in [1.82, 2.24) is 15.3 Å². The van der Waals surface area contributed by atoms with E-state index in [1.165, 1.54) is 11.3 Å². The summed E-state index contributed by atoms with van der Waals surface area (Å²) < 4.78 is 17.1. The Balaban J connectivity index is 1.33. The van der Waals surface area contributed by atoms with Crippen LogP contribution in [-0.4, -0.2) is 49.2 Å². The van der Waals surface area contributed by atoms with Crippen molar-refractivity contribution in [2.45, 2.75) is 12.5 Å². The molecule has 226 valence electrons. The fourth-order valence-electron chi connectivity index (χ4n) is 5.08. The molecule has 1 atom stereocenters. The lowest BCUT2D eigenvalue weighted by atomic mass is 10.0. The fourth-order valence-corrected chi connectivity index (χ4v) is 5.98. The van der Waals surface area contributed by atoms with Crippen molar-refractivity contribution < 1.29 is 23.8 Å². The molecule has 6 rings (SSSR count). The minimum absolute atomic E-state index is 0.280. The molecule has 2 amide bonds. The number of amides is 2. The van der Waals surface area contributed by atoms with Crippen LogP contribution in [0.2, 0.25) is 0 Å². The molecule has 0 saturated carbocycles. The predicted molar refractivity (Wildman–Crippen MR) is 176 cm³/mol. The Morgan fingerprint density at radius 1 is 0.778 bits per heavy atom. The first-order valence-corrected chi connectivity index (χ1v) is 15.0. The van der Waals surface area contributed by atoms with Crippen LogP contribution in [0.15, 0.2) is 97.1 Å². The van der Waals surface area contributed by atoms with Gasteiger partial charge in [0, 0.05) is 17.4 Å². The molecule has 0 aliphatic carbocycles. The standard InChI is InChI=1S/C35H30N4O5S/c1-42-23-14-15-27-32(19-23)45-35(38-27)39-34(41)29(17-21-9-5-4-6-10-21)37-33(40)25-20-28(36-26-12-8-7-11-24(25)26)22-13-16-30(43-2)31(18-22)44-3/h4-16,18-20,29H,17H2,1-3H3,(H,37,40)(H,38,39,41). The molecule has 0 saturated heterocycles. The van der Waals surface area contributed by atoms with E-state index >= 15 is 0 Å². The highest BCUT2D eigenvalue weighted by atomic mass is 32.1. The number of hydrogen-bond donors (Lipinski definition) is 2. The molecular weight excluding hydrogens is 588 g/mol. The third kappa shape index (κ3) is 6.41. The number of nitrogens with zero attached hydrogens (tertiary/aromatic N) is 2. The number of aromatic nitrogens is 2. The smallest absolute Gasteiger partial charge is 0.252 e. The van der Waals surface area contributed by atoms with Crippen molar-refractivity contribution in [2.24, 2.45) is 0 Å². The number of hydrogen-bond acceptors (Lipinski definition) is 8. The maximum absolute atomic E-state index is 14.0. The quantitative estimate of drug-likeness (QED) is 0.180. The van der Waals surface area contributed by atoms with Crippen molar-refractivity contribution >= 4 is 49.4 Å². The van der Waals surface area contributed by atoms with Gasteiger partial charge in [-0.15, -0.1) is 0 Å². The lowest BCUT2D eigenvalue weighted by molar-refractivity contribution is -0.118. The van der Waals surface area contributed by atoms with Crippen LogP contribution in [0.4, 0.5) is 5.13 Å². The van der Waals surface area contributed by atoms with E-state index < -0.39 is 11.9 Å². The average Bonchev–Trinajstić information content (AvgIpc) is 3.48. The third-order valence-corrected chi connectivity index (χ3v) is 8.30. The highest BCUT2D eigenvalue weighted by Crippen LogP contribution is 2.33. The molecule has 4 aromatic carbocycles. The van der Waals surface area contributed by atoms with Crippen molar-refractivity contribution in [2.75, 3.05) is 26.6 Å². The maximum Gasteiger partial charge on any atom is 0.252 e. The highest BCUT2D eigenvalue weighted by molar-refractivity contribution is 7.22. The first-order valence-electron chi connectivity index (χ1n) is 14.2. The average molecular weight is 619 g/mol. The summed E-state index contributed by atoms with van der Waals surface area (Å²) in [7, 11) is 4.74. The predicted octanol–water partition coefficient (Wildman–Crippen LogP) is 6.52. The highest BCUT2D eigenvalue weighted by Gasteiger charge is 2.25. The van der Waals surface area contributed by atoms with E-state index in [9.17, 15) is 9.59 Å². The number of carbonyl (C=O) groups is 2. The lowest BCUT2D eigenvalue weighted by Gasteiger charge is -2.19. The number of carbonyl (C=O) groups excluding carboxylic acids is 2. The number of ether oxygens (including phenoxy) is 3. The van der Waals surface area contributed by atoms with E-state index in [0.29, 0.717) is 44.5 Å². The Morgan fingerprint density at radius 2 is 1.56 bits per heavy atom. The normalized spacial score (nSPS) is 11.6. The zero-order chi connectivity index (χ0) is 31.3. The van der Waals surface area contributed by atoms with Gasteiger partial charge in [0.05, 0.1) is 48.3 Å². The first-order chi connectivity index (χ1) is 21.9. The minimum Gasteiger partial charge on any atom is -0.497 e. The van der Waals surface area contributed by atoms with Crippen LogP contribution < -0.4 is 24.8 Å². The molecule has 0 bridgehead atoms. The molecule has 0 aliphatic rings. The van der Waals surface area contributed by atoms with E-state index in [0.717, 1.165) is 21.3 Å². The van der Waals surface area contributed by atoms with Gasteiger partial charge in [-0.3, -0.25) is 9.59 Å². The summed E-state index contributed by atoms with van der Waals surface area (Å²) in [6, 6.07) is 28.8. The number of fused-ring (bicyclic) bond motifs is 2. The summed E-state index contributed by atoms with van der Waals surface area (Å²) in [5, 5.41) is 7.01. The third-order valence-electron chi connectivity index (χ3n) is 7.37. The fraction of sp³-hybridized carbons (Fsp3) is 0.143. The molecule has 0 radical (unpaired) electrons. The van der Waals surface area contributed by atoms with Crippen molar-refractivity contribution in [3.05, 3.63) is 108 Å². The van der Waals surface area contributed by atoms with Gasteiger partial charge in [-0.25, -0.2) is 9.97 Å². The number of thiazole rings is 1. The lowest BCUT2D eigenvalue weighted by Crippen LogP contribution is -2.45. The molecular formula is C35H30N4O5S. The number of benzene rings is 4. The largest absolute Gasteiger partial charge is 0.497 e. The van der Waals surface area contributed by atoms with Crippen molar-refractivity contribution in [3.8, 4) is 28.5 Å². The second kappa shape index (κ2) is 13.0. The summed E-state index contributed by atoms with van der Waals surface area (Å²) in [5.41, 5.74) is 4.00. The molecule has 10 heteroatoms. The van der Waals surface area contributed by atoms with E-state index in [1.54, 1.807) is 33.5 Å². The zero-order valence-electron chi connectivity index (χ0n) is 24.9. The van der Waals surface area contributed by atoms with Crippen LogP contribution in [0.25, 0.3) is 32.4 Å². The molecule has 2 heterocycles. The summed E-state index contributed by atoms with van der Waals surface area (Å²) in [4.78, 5) is 37.2. The molecule has 9 nitrogen and oxygen atoms in total. The summed E-state index contributed by atoms with van der Waals surface area (Å²) in [5.74, 6) is 1.05. The molecule has 1 unspecified atom stereocenters. The second-order valence-corrected chi connectivity index (χ2v) is 11.2. The van der Waals surface area contributed by atoms with Gasteiger partial charge < -0.3 is 24.8 Å². The number of nitrogens with one attached hydrogen (secondary N) is 2. The van der Waals surface area contributed by atoms with Gasteiger partial charge in [0.2, 0.25) is 5.91 Å². The number of anilines is 1. The summed E-state index contributed by atoms with van der Waals surface area (Å²) >= 11 is 1.34. The number of pyridine rings is 1. The van der Waals surface area contributed by atoms with E-state index in [4.69, 9.17) is 19.2 Å². The Labute approximate surface area is 263 Å². The van der Waals surface area contributed by atoms with Gasteiger partial charge in [0.25, 0.3) is 5.91 Å². The van der Waals surface area contributed by atoms with Crippen LogP contribution in [0.5, 0.6) is 17.2 Å². The molecule has 2 N–H and O–H groups in total. The maximum atomic E-state index is 14.0. The van der Waals surface area contributed by atoms with Gasteiger partial charge in [0.1, 0.15) is 11.8 Å². The van der Waals surface area contributed by atoms with Crippen LogP contribution in [0, 0.1) is 0 Å². The topological polar surface area (TPSA) is 112 Å². The van der Waals surface area contributed by atoms with E-state index in [-0.39, 0.29) is 12.3 Å². The van der Waals surface area contributed by atoms with Gasteiger partial charge in [0.15, 0.2) is 16.6 Å². The SMILES string of the molecule is COc1ccc2nc(NC(=O)C(Cc3ccccc3)NC(=O)c3cc(-c4ccc(OC)c(OC)c4)nc4ccccc34)sc2c1. The van der Waals surface area contributed by atoms with Crippen LogP contribution in [0.3, 0.4) is 0 Å². The van der Waals surface area contributed by atoms with E-state index in [2.05, 4.69) is 15.6 Å². The molecule has 0 aliphatic heterocycles. The van der Waals surface area contributed by atoms with Gasteiger partial charge in [-0.05, 0) is 54.1 Å². The number of rotatable bonds is 10. The zero-order valence-corrected chi connectivity index (χ0v) is 25.7. The first kappa shape index (κ1) is 29.6. The molecule has 6 aromatic rings. The number of methoxy groups -OCH3 is 3. The second-order valence-electron chi connectivity index (χ2n) is 10.2. The van der Waals surface area contributed by atoms with Crippen LogP contribution >= 0.6 is 11.3 Å².